The van der Waals surface area contributed by atoms with E-state index >= 15 is 0 Å². The molecule has 0 radical (unpaired) electrons. The second-order valence-corrected chi connectivity index (χ2v) is 9.20. The zero-order chi connectivity index (χ0) is 16.3. The first-order chi connectivity index (χ1) is 10.4. The summed E-state index contributed by atoms with van der Waals surface area (Å²) in [6.45, 7) is 0.204. The van der Waals surface area contributed by atoms with Gasteiger partial charge in [-0.05, 0) is 133 Å². The molecule has 0 amide bonds. The fourth-order valence-electron chi connectivity index (χ4n) is 1.86. The zero-order valence-electron chi connectivity index (χ0n) is 11.2. The largest absolute Gasteiger partial charge is 0.506 e. The summed E-state index contributed by atoms with van der Waals surface area (Å²) in [6.07, 6.45) is 1.62. The zero-order valence-corrected chi connectivity index (χ0v) is 19.9. The van der Waals surface area contributed by atoms with Gasteiger partial charge in [-0.2, -0.15) is 0 Å². The van der Waals surface area contributed by atoms with Crippen LogP contribution in [-0.2, 0) is 6.42 Å². The van der Waals surface area contributed by atoms with Crippen LogP contribution < -0.4 is 4.74 Å². The first-order valence-electron chi connectivity index (χ1n) is 6.37. The molecule has 0 bridgehead atoms. The summed E-state index contributed by atoms with van der Waals surface area (Å²) in [7, 11) is 0. The van der Waals surface area contributed by atoms with Crippen LogP contribution in [0.1, 0.15) is 12.0 Å². The van der Waals surface area contributed by atoms with Crippen molar-refractivity contribution in [2.24, 2.45) is 0 Å². The molecule has 0 fully saturated rings. The Labute approximate surface area is 183 Å². The van der Waals surface area contributed by atoms with E-state index < -0.39 is 0 Å². The Kier molecular flexibility index (Phi) is 7.74. The van der Waals surface area contributed by atoms with Gasteiger partial charge in [-0.1, -0.05) is 0 Å². The molecule has 0 heterocycles. The summed E-state index contributed by atoms with van der Waals surface area (Å²) in [5.41, 5.74) is 1.20. The van der Waals surface area contributed by atoms with E-state index in [1.807, 2.05) is 12.1 Å². The number of aromatic hydroxyl groups is 1. The predicted octanol–water partition coefficient (Wildman–Crippen LogP) is 5.53. The monoisotopic (exact) mass is 748 g/mol. The number of aliphatic hydroxyl groups excluding tert-OH is 1. The van der Waals surface area contributed by atoms with Crippen LogP contribution in [0, 0.1) is 14.3 Å². The second-order valence-electron chi connectivity index (χ2n) is 4.55. The van der Waals surface area contributed by atoms with E-state index in [2.05, 4.69) is 102 Å². The summed E-state index contributed by atoms with van der Waals surface area (Å²) in [5.74, 6) is 1.83. The number of hydrogen-bond acceptors (Lipinski definition) is 3. The molecule has 118 valence electrons. The highest BCUT2D eigenvalue weighted by Crippen LogP contribution is 2.36. The van der Waals surface area contributed by atoms with Crippen molar-refractivity contribution in [1.82, 2.24) is 0 Å². The number of hydrogen-bond donors (Lipinski definition) is 2. The van der Waals surface area contributed by atoms with Gasteiger partial charge in [-0.3, -0.25) is 0 Å². The van der Waals surface area contributed by atoms with Crippen molar-refractivity contribution in [3.05, 3.63) is 44.1 Å². The second kappa shape index (κ2) is 8.85. The average Bonchev–Trinajstić information content (AvgIpc) is 2.46. The van der Waals surface area contributed by atoms with Gasteiger partial charge in [0.2, 0.25) is 0 Å². The van der Waals surface area contributed by atoms with Gasteiger partial charge in [0.25, 0.3) is 0 Å². The molecule has 0 aliphatic rings. The molecule has 2 aromatic rings. The number of aliphatic hydroxyl groups is 1. The van der Waals surface area contributed by atoms with Crippen molar-refractivity contribution in [2.45, 2.75) is 12.8 Å². The summed E-state index contributed by atoms with van der Waals surface area (Å²) in [6, 6.07) is 7.82. The molecule has 2 rings (SSSR count). The molecule has 0 saturated heterocycles. The van der Waals surface area contributed by atoms with E-state index in [4.69, 9.17) is 9.84 Å². The van der Waals surface area contributed by atoms with Gasteiger partial charge >= 0.3 is 0 Å². The molecule has 2 N–H and O–H groups in total. The molecule has 0 atom stereocenters. The van der Waals surface area contributed by atoms with Crippen molar-refractivity contribution in [1.29, 1.82) is 0 Å². The van der Waals surface area contributed by atoms with Crippen molar-refractivity contribution >= 4 is 90.4 Å². The first kappa shape index (κ1) is 19.2. The lowest BCUT2D eigenvalue weighted by molar-refractivity contribution is 0.288. The number of phenols is 1. The van der Waals surface area contributed by atoms with Crippen molar-refractivity contribution < 1.29 is 14.9 Å². The van der Waals surface area contributed by atoms with Crippen molar-refractivity contribution in [3.8, 4) is 17.2 Å². The lowest BCUT2D eigenvalue weighted by atomic mass is 10.1. The maximum absolute atomic E-state index is 9.83. The third-order valence-corrected chi connectivity index (χ3v) is 6.14. The van der Waals surface area contributed by atoms with Gasteiger partial charge in [-0.25, -0.2) is 0 Å². The van der Waals surface area contributed by atoms with Gasteiger partial charge in [0, 0.05) is 6.61 Å². The Morgan fingerprint density at radius 3 is 1.91 bits per heavy atom. The Balaban J connectivity index is 2.30. The molecular formula is C15H12I4O3. The molecule has 0 unspecified atom stereocenters. The molecular weight excluding hydrogens is 736 g/mol. The van der Waals surface area contributed by atoms with Crippen LogP contribution in [0.2, 0.25) is 0 Å². The fourth-order valence-corrected chi connectivity index (χ4v) is 5.68. The molecule has 0 aromatic heterocycles. The minimum atomic E-state index is 0.204. The Morgan fingerprint density at radius 2 is 1.41 bits per heavy atom. The van der Waals surface area contributed by atoms with Crippen molar-refractivity contribution in [3.63, 3.8) is 0 Å². The maximum Gasteiger partial charge on any atom is 0.154 e. The number of halogens is 4. The number of aryl methyl sites for hydroxylation is 1. The number of ether oxygens (including phenoxy) is 1. The average molecular weight is 748 g/mol. The van der Waals surface area contributed by atoms with Crippen LogP contribution in [0.15, 0.2) is 24.3 Å². The lowest BCUT2D eigenvalue weighted by Gasteiger charge is -2.13. The van der Waals surface area contributed by atoms with Crippen molar-refractivity contribution in [2.75, 3.05) is 6.61 Å². The minimum Gasteiger partial charge on any atom is -0.506 e. The first-order valence-corrected chi connectivity index (χ1v) is 10.7. The summed E-state index contributed by atoms with van der Waals surface area (Å²) < 4.78 is 9.64. The minimum absolute atomic E-state index is 0.204. The number of phenolic OH excluding ortho intramolecular Hbond substituents is 1. The van der Waals surface area contributed by atoms with Crippen LogP contribution in [0.3, 0.4) is 0 Å². The fraction of sp³-hybridized carbons (Fsp3) is 0.200. The molecule has 3 nitrogen and oxygen atoms in total. The van der Waals surface area contributed by atoms with E-state index in [0.29, 0.717) is 5.75 Å². The topological polar surface area (TPSA) is 49.7 Å². The molecule has 0 saturated carbocycles. The van der Waals surface area contributed by atoms with Crippen LogP contribution in [0.4, 0.5) is 0 Å². The summed E-state index contributed by atoms with van der Waals surface area (Å²) >= 11 is 8.73. The van der Waals surface area contributed by atoms with Crippen LogP contribution in [-0.4, -0.2) is 16.8 Å². The predicted molar refractivity (Wildman–Crippen MR) is 121 cm³/mol. The van der Waals surface area contributed by atoms with Gasteiger partial charge < -0.3 is 14.9 Å². The summed E-state index contributed by atoms with van der Waals surface area (Å²) in [4.78, 5) is 0. The van der Waals surface area contributed by atoms with Gasteiger partial charge in [0.1, 0.15) is 11.5 Å². The highest BCUT2D eigenvalue weighted by molar-refractivity contribution is 14.1. The quantitative estimate of drug-likeness (QED) is 0.396. The van der Waals surface area contributed by atoms with Crippen LogP contribution in [0.5, 0.6) is 17.2 Å². The SMILES string of the molecule is OCCCc1cc(I)c(Oc2cc(I)c(O)c(I)c2)c(I)c1. The molecule has 22 heavy (non-hydrogen) atoms. The van der Waals surface area contributed by atoms with Gasteiger partial charge in [0.15, 0.2) is 5.75 Å². The molecule has 0 spiro atoms. The number of benzene rings is 2. The standard InChI is InChI=1S/C15H12I4O3/c16-10-6-9(7-11(17)14(10)21)22-15-12(18)4-8(2-1-3-20)5-13(15)19/h4-7,20-21H,1-3H2. The van der Waals surface area contributed by atoms with E-state index in [-0.39, 0.29) is 12.4 Å². The van der Waals surface area contributed by atoms with E-state index in [0.717, 1.165) is 32.9 Å². The Hall–Kier alpha value is 0.920. The van der Waals surface area contributed by atoms with E-state index in [1.54, 1.807) is 0 Å². The van der Waals surface area contributed by atoms with Crippen LogP contribution >= 0.6 is 90.4 Å². The highest BCUT2D eigenvalue weighted by atomic mass is 127. The molecule has 7 heteroatoms. The van der Waals surface area contributed by atoms with Crippen LogP contribution in [0.25, 0.3) is 0 Å². The third-order valence-electron chi connectivity index (χ3n) is 2.89. The Morgan fingerprint density at radius 1 is 0.864 bits per heavy atom. The smallest absolute Gasteiger partial charge is 0.154 e. The maximum atomic E-state index is 9.83. The van der Waals surface area contributed by atoms with Gasteiger partial charge in [0.05, 0.1) is 14.3 Å². The Bertz CT molecular complexity index is 642. The van der Waals surface area contributed by atoms with E-state index in [9.17, 15) is 5.11 Å². The number of rotatable bonds is 5. The van der Waals surface area contributed by atoms with E-state index in [1.165, 1.54) is 5.56 Å². The molecule has 2 aromatic carbocycles. The third kappa shape index (κ3) is 4.96. The normalized spacial score (nSPS) is 10.8. The lowest BCUT2D eigenvalue weighted by Crippen LogP contribution is -1.96. The molecule has 0 aliphatic heterocycles. The molecule has 0 aliphatic carbocycles. The summed E-state index contributed by atoms with van der Waals surface area (Å²) in [5, 5.41) is 18.8. The van der Waals surface area contributed by atoms with Gasteiger partial charge in [-0.15, -0.1) is 0 Å². The highest BCUT2D eigenvalue weighted by Gasteiger charge is 2.13.